The van der Waals surface area contributed by atoms with Gasteiger partial charge in [-0.25, -0.2) is 15.0 Å². The predicted octanol–water partition coefficient (Wildman–Crippen LogP) is 14.7. The summed E-state index contributed by atoms with van der Waals surface area (Å²) in [5.74, 6) is 1.88. The van der Waals surface area contributed by atoms with Crippen molar-refractivity contribution in [2.24, 2.45) is 0 Å². The van der Waals surface area contributed by atoms with Crippen molar-refractivity contribution in [1.82, 2.24) is 15.0 Å². The molecule has 0 aliphatic heterocycles. The molecule has 0 bridgehead atoms. The van der Waals surface area contributed by atoms with Gasteiger partial charge in [-0.1, -0.05) is 158 Å². The number of fused-ring (bicyclic) bond motifs is 6. The molecule has 12 rings (SSSR count). The molecule has 11 aromatic rings. The second-order valence-electron chi connectivity index (χ2n) is 15.2. The number of furan rings is 1. The van der Waals surface area contributed by atoms with Crippen LogP contribution in [0, 0.1) is 0 Å². The highest BCUT2D eigenvalue weighted by molar-refractivity contribution is 6.21. The number of aromatic nitrogens is 3. The fourth-order valence-electron chi connectivity index (χ4n) is 8.92. The third kappa shape index (κ3) is 5.52. The van der Waals surface area contributed by atoms with Crippen LogP contribution in [0.1, 0.15) is 0 Å². The Bertz CT molecular complexity index is 3350. The molecular formula is C55H34N4O. The normalized spacial score (nSPS) is 11.7. The van der Waals surface area contributed by atoms with Crippen LogP contribution < -0.4 is 4.90 Å². The molecule has 2 aromatic heterocycles. The van der Waals surface area contributed by atoms with E-state index in [9.17, 15) is 0 Å². The zero-order valence-corrected chi connectivity index (χ0v) is 32.3. The number of benzene rings is 9. The highest BCUT2D eigenvalue weighted by Crippen LogP contribution is 2.56. The fourth-order valence-corrected chi connectivity index (χ4v) is 8.92. The van der Waals surface area contributed by atoms with Crippen LogP contribution in [0.5, 0.6) is 0 Å². The van der Waals surface area contributed by atoms with Gasteiger partial charge in [0.25, 0.3) is 0 Å². The van der Waals surface area contributed by atoms with Gasteiger partial charge in [-0.05, 0) is 75.5 Å². The van der Waals surface area contributed by atoms with E-state index in [1.54, 1.807) is 0 Å². The molecule has 0 amide bonds. The summed E-state index contributed by atoms with van der Waals surface area (Å²) in [5, 5.41) is 4.60. The summed E-state index contributed by atoms with van der Waals surface area (Å²) < 4.78 is 6.51. The minimum absolute atomic E-state index is 0.623. The van der Waals surface area contributed by atoms with E-state index in [4.69, 9.17) is 19.4 Å². The van der Waals surface area contributed by atoms with E-state index in [0.717, 1.165) is 77.9 Å². The highest BCUT2D eigenvalue weighted by atomic mass is 16.3. The van der Waals surface area contributed by atoms with Crippen LogP contribution in [-0.2, 0) is 0 Å². The number of nitrogens with zero attached hydrogens (tertiary/aromatic N) is 4. The molecule has 0 spiro atoms. The maximum absolute atomic E-state index is 6.51. The highest BCUT2D eigenvalue weighted by Gasteiger charge is 2.31. The molecule has 0 fully saturated rings. The molecular weight excluding hydrogens is 733 g/mol. The van der Waals surface area contributed by atoms with Crippen LogP contribution in [0.3, 0.4) is 0 Å². The first-order chi connectivity index (χ1) is 29.7. The van der Waals surface area contributed by atoms with Gasteiger partial charge in [0.2, 0.25) is 0 Å². The first-order valence-corrected chi connectivity index (χ1v) is 20.2. The Morgan fingerprint density at radius 3 is 1.58 bits per heavy atom. The van der Waals surface area contributed by atoms with Gasteiger partial charge in [0.15, 0.2) is 17.5 Å². The second-order valence-corrected chi connectivity index (χ2v) is 15.2. The van der Waals surface area contributed by atoms with Gasteiger partial charge in [-0.15, -0.1) is 0 Å². The van der Waals surface area contributed by atoms with E-state index in [1.165, 1.54) is 21.9 Å². The molecule has 1 aliphatic carbocycles. The van der Waals surface area contributed by atoms with Gasteiger partial charge < -0.3 is 9.32 Å². The fraction of sp³-hybridized carbons (Fsp3) is 0. The molecule has 5 heteroatoms. The van der Waals surface area contributed by atoms with Gasteiger partial charge in [0.1, 0.15) is 11.2 Å². The number of hydrogen-bond acceptors (Lipinski definition) is 5. The molecule has 2 heterocycles. The van der Waals surface area contributed by atoms with Gasteiger partial charge >= 0.3 is 0 Å². The first-order valence-electron chi connectivity index (χ1n) is 20.2. The van der Waals surface area contributed by atoms with Crippen molar-refractivity contribution in [3.8, 4) is 67.5 Å². The lowest BCUT2D eigenvalue weighted by Crippen LogP contribution is -2.11. The van der Waals surface area contributed by atoms with Crippen molar-refractivity contribution in [2.75, 3.05) is 4.90 Å². The van der Waals surface area contributed by atoms with Crippen molar-refractivity contribution in [3.63, 3.8) is 0 Å². The second kappa shape index (κ2) is 13.8. The molecule has 0 radical (unpaired) electrons. The average molecular weight is 767 g/mol. The number of hydrogen-bond donors (Lipinski definition) is 0. The van der Waals surface area contributed by atoms with Crippen molar-refractivity contribution in [3.05, 3.63) is 206 Å². The van der Waals surface area contributed by atoms with Gasteiger partial charge in [-0.3, -0.25) is 0 Å². The van der Waals surface area contributed by atoms with Crippen molar-refractivity contribution < 1.29 is 4.42 Å². The molecule has 0 saturated heterocycles. The van der Waals surface area contributed by atoms with Gasteiger partial charge in [0.05, 0.1) is 5.69 Å². The topological polar surface area (TPSA) is 55.1 Å². The van der Waals surface area contributed by atoms with Crippen molar-refractivity contribution in [1.29, 1.82) is 0 Å². The Labute approximate surface area is 346 Å². The minimum Gasteiger partial charge on any atom is -0.456 e. The summed E-state index contributed by atoms with van der Waals surface area (Å²) in [6.45, 7) is 0. The van der Waals surface area contributed by atoms with Crippen LogP contribution in [-0.4, -0.2) is 15.0 Å². The standard InChI is InChI=1S/C55H34N4O/c1-4-14-35(15-5-1)36-26-28-40(29-27-36)59(41-30-31-43-42-22-10-11-25-48(42)60-49(43)34-41)47-33-32-46(51-44-23-12-20-37-21-13-24-45(50(37)44)52(47)51)55-57-53(38-16-6-2-7-17-38)56-54(58-55)39-18-8-3-9-19-39/h1-34H. The SMILES string of the molecule is c1ccc(-c2ccc(N(c3ccc4c(c3)oc3ccccc34)c3ccc(-c4nc(-c5ccccc5)nc(-c5ccccc5)n4)c4c3-c3cccc5cccc-4c35)cc2)cc1. The molecule has 1 aliphatic rings. The van der Waals surface area contributed by atoms with E-state index < -0.39 is 0 Å². The predicted molar refractivity (Wildman–Crippen MR) is 245 cm³/mol. The van der Waals surface area contributed by atoms with Crippen LogP contribution in [0.2, 0.25) is 0 Å². The van der Waals surface area contributed by atoms with Crippen LogP contribution in [0.4, 0.5) is 17.1 Å². The molecule has 0 saturated carbocycles. The Morgan fingerprint density at radius 1 is 0.350 bits per heavy atom. The van der Waals surface area contributed by atoms with E-state index in [-0.39, 0.29) is 0 Å². The molecule has 9 aromatic carbocycles. The monoisotopic (exact) mass is 766 g/mol. The van der Waals surface area contributed by atoms with E-state index >= 15 is 0 Å². The summed E-state index contributed by atoms with van der Waals surface area (Å²) in [6, 6.07) is 72.2. The number of rotatable bonds is 7. The molecule has 0 N–H and O–H groups in total. The smallest absolute Gasteiger partial charge is 0.164 e. The van der Waals surface area contributed by atoms with Gasteiger partial charge in [-0.2, -0.15) is 0 Å². The quantitative estimate of drug-likeness (QED) is 0.162. The maximum Gasteiger partial charge on any atom is 0.164 e. The Balaban J connectivity index is 1.13. The molecule has 0 atom stereocenters. The lowest BCUT2D eigenvalue weighted by molar-refractivity contribution is 0.669. The van der Waals surface area contributed by atoms with E-state index in [2.05, 4.69) is 163 Å². The summed E-state index contributed by atoms with van der Waals surface area (Å²) in [5.41, 5.74) is 14.5. The van der Waals surface area contributed by atoms with Crippen LogP contribution in [0.15, 0.2) is 211 Å². The number of anilines is 3. The molecule has 0 unspecified atom stereocenters. The largest absolute Gasteiger partial charge is 0.456 e. The van der Waals surface area contributed by atoms with Crippen molar-refractivity contribution >= 4 is 49.8 Å². The average Bonchev–Trinajstić information content (AvgIpc) is 3.87. The Hall–Kier alpha value is -8.15. The van der Waals surface area contributed by atoms with Gasteiger partial charge in [0, 0.05) is 56.0 Å². The molecule has 60 heavy (non-hydrogen) atoms. The van der Waals surface area contributed by atoms with Crippen LogP contribution in [0.25, 0.3) is 100 Å². The molecule has 5 nitrogen and oxygen atoms in total. The van der Waals surface area contributed by atoms with E-state index in [0.29, 0.717) is 17.5 Å². The van der Waals surface area contributed by atoms with Crippen LogP contribution >= 0.6 is 0 Å². The zero-order valence-electron chi connectivity index (χ0n) is 32.3. The maximum atomic E-state index is 6.51. The third-order valence-corrected chi connectivity index (χ3v) is 11.7. The zero-order chi connectivity index (χ0) is 39.6. The Morgan fingerprint density at radius 2 is 0.900 bits per heavy atom. The first kappa shape index (κ1) is 33.9. The van der Waals surface area contributed by atoms with E-state index in [1.807, 2.05) is 48.5 Å². The number of para-hydroxylation sites is 1. The lowest BCUT2D eigenvalue weighted by Gasteiger charge is -2.29. The summed E-state index contributed by atoms with van der Waals surface area (Å²) in [6.07, 6.45) is 0. The lowest BCUT2D eigenvalue weighted by atomic mass is 9.94. The minimum atomic E-state index is 0.623. The summed E-state index contributed by atoms with van der Waals surface area (Å²) in [4.78, 5) is 17.9. The van der Waals surface area contributed by atoms with Crippen molar-refractivity contribution in [2.45, 2.75) is 0 Å². The summed E-state index contributed by atoms with van der Waals surface area (Å²) in [7, 11) is 0. The Kier molecular flexibility index (Phi) is 7.78. The third-order valence-electron chi connectivity index (χ3n) is 11.7. The molecule has 280 valence electrons. The summed E-state index contributed by atoms with van der Waals surface area (Å²) >= 11 is 0.